The number of rotatable bonds is 5. The summed E-state index contributed by atoms with van der Waals surface area (Å²) in [5.41, 5.74) is 5.08. The number of phenolic OH excluding ortho intramolecular Hbond substituents is 1. The van der Waals surface area contributed by atoms with Crippen LogP contribution in [0, 0.1) is 30.6 Å². The number of aryl methyl sites for hydroxylation is 1. The van der Waals surface area contributed by atoms with Crippen LogP contribution in [-0.2, 0) is 24.6 Å². The van der Waals surface area contributed by atoms with Crippen molar-refractivity contribution in [3.63, 3.8) is 0 Å². The van der Waals surface area contributed by atoms with E-state index < -0.39 is 58.6 Å². The van der Waals surface area contributed by atoms with Crippen molar-refractivity contribution in [2.75, 3.05) is 12.5 Å². The Kier molecular flexibility index (Phi) is 6.36. The van der Waals surface area contributed by atoms with Crippen molar-refractivity contribution in [2.45, 2.75) is 31.1 Å². The minimum Gasteiger partial charge on any atom is -0.508 e. The van der Waals surface area contributed by atoms with Crippen LogP contribution in [0.5, 0.6) is 11.5 Å². The van der Waals surface area contributed by atoms with E-state index in [9.17, 15) is 24.7 Å². The van der Waals surface area contributed by atoms with Crippen LogP contribution in [0.3, 0.4) is 0 Å². The summed E-state index contributed by atoms with van der Waals surface area (Å²) < 4.78 is 5.74. The molecular weight excluding hydrogens is 562 g/mol. The zero-order valence-corrected chi connectivity index (χ0v) is 24.1. The highest BCUT2D eigenvalue weighted by Gasteiger charge is 2.70. The van der Waals surface area contributed by atoms with Crippen molar-refractivity contribution >= 4 is 29.3 Å². The molecule has 0 bridgehead atoms. The molecule has 0 aromatic heterocycles. The van der Waals surface area contributed by atoms with Gasteiger partial charge in [-0.05, 0) is 49.4 Å². The molecule has 2 heterocycles. The number of hydroxylamine groups is 2. The lowest BCUT2D eigenvalue weighted by Gasteiger charge is -2.50. The second-order valence-corrected chi connectivity index (χ2v) is 12.0. The normalized spacial score (nSPS) is 29.2. The standard InChI is InChI=1S/C34H31N3O7/c1-18-8-10-20(11-9-18)35-36-31(40)26-17-25-22(14-15-24-28(25)32(41)37(43)30(24)39)29(23-13-12-21(38)16-27(23)44-2)34(26,33(36)42)19-6-4-3-5-7-19/h3-14,16,24-26,28-29,35,38,43H,15,17H2,1-2H3. The Balaban J connectivity index is 1.48. The van der Waals surface area contributed by atoms with Crippen LogP contribution < -0.4 is 10.2 Å². The number of hydrogen-bond acceptors (Lipinski definition) is 8. The van der Waals surface area contributed by atoms with Crippen LogP contribution in [0.2, 0.25) is 0 Å². The fourth-order valence-electron chi connectivity index (χ4n) is 8.01. The van der Waals surface area contributed by atoms with Gasteiger partial charge in [-0.3, -0.25) is 29.8 Å². The number of hydrazine groups is 1. The number of nitrogens with zero attached hydrogens (tertiary/aromatic N) is 2. The molecule has 0 radical (unpaired) electrons. The molecule has 2 aliphatic heterocycles. The number of aromatic hydroxyl groups is 1. The van der Waals surface area contributed by atoms with Crippen molar-refractivity contribution in [3.05, 3.63) is 101 Å². The van der Waals surface area contributed by atoms with Crippen molar-refractivity contribution in [2.24, 2.45) is 23.7 Å². The first-order chi connectivity index (χ1) is 21.2. The van der Waals surface area contributed by atoms with E-state index in [0.717, 1.165) is 16.1 Å². The Morgan fingerprint density at radius 3 is 2.34 bits per heavy atom. The topological polar surface area (TPSA) is 136 Å². The van der Waals surface area contributed by atoms with E-state index in [-0.39, 0.29) is 23.7 Å². The first-order valence-corrected chi connectivity index (χ1v) is 14.6. The lowest BCUT2D eigenvalue weighted by atomic mass is 9.49. The van der Waals surface area contributed by atoms with Gasteiger partial charge in [-0.25, -0.2) is 0 Å². The Morgan fingerprint density at radius 1 is 0.909 bits per heavy atom. The fourth-order valence-corrected chi connectivity index (χ4v) is 8.01. The SMILES string of the molecule is COc1cc(O)ccc1C1C2=CCC3C(=O)N(O)C(=O)C3C2CC2C(=O)N(Nc3ccc(C)cc3)C(=O)C21c1ccccc1. The van der Waals surface area contributed by atoms with E-state index in [2.05, 4.69) is 5.43 Å². The molecule has 4 aliphatic rings. The monoisotopic (exact) mass is 593 g/mol. The zero-order valence-electron chi connectivity index (χ0n) is 24.1. The minimum absolute atomic E-state index is 0.0371. The lowest BCUT2D eigenvalue weighted by molar-refractivity contribution is -0.173. The number of methoxy groups -OCH3 is 1. The van der Waals surface area contributed by atoms with Gasteiger partial charge in [0.1, 0.15) is 11.5 Å². The summed E-state index contributed by atoms with van der Waals surface area (Å²) in [6, 6.07) is 21.1. The number of carbonyl (C=O) groups is 4. The molecule has 7 rings (SSSR count). The van der Waals surface area contributed by atoms with Gasteiger partial charge in [0.05, 0.1) is 36.0 Å². The fraction of sp³-hybridized carbons (Fsp3) is 0.294. The smallest absolute Gasteiger partial charge is 0.260 e. The van der Waals surface area contributed by atoms with E-state index in [1.165, 1.54) is 19.2 Å². The van der Waals surface area contributed by atoms with Gasteiger partial charge in [0.15, 0.2) is 0 Å². The number of ether oxygens (including phenoxy) is 1. The Labute approximate surface area is 253 Å². The van der Waals surface area contributed by atoms with E-state index in [0.29, 0.717) is 22.6 Å². The summed E-state index contributed by atoms with van der Waals surface area (Å²) in [4.78, 5) is 55.7. The van der Waals surface area contributed by atoms with Gasteiger partial charge in [-0.1, -0.05) is 65.7 Å². The van der Waals surface area contributed by atoms with E-state index in [4.69, 9.17) is 4.74 Å². The van der Waals surface area contributed by atoms with Gasteiger partial charge in [0.2, 0.25) is 0 Å². The molecule has 0 spiro atoms. The van der Waals surface area contributed by atoms with E-state index >= 15 is 4.79 Å². The number of carbonyl (C=O) groups excluding carboxylic acids is 4. The molecule has 2 aliphatic carbocycles. The first-order valence-electron chi connectivity index (χ1n) is 14.6. The number of amides is 4. The second kappa shape index (κ2) is 10.1. The van der Waals surface area contributed by atoms with Crippen LogP contribution in [0.1, 0.15) is 35.4 Å². The maximum absolute atomic E-state index is 15.0. The van der Waals surface area contributed by atoms with E-state index in [1.807, 2.05) is 55.5 Å². The van der Waals surface area contributed by atoms with Gasteiger partial charge in [0, 0.05) is 17.5 Å². The molecule has 3 aromatic rings. The summed E-state index contributed by atoms with van der Waals surface area (Å²) in [6.45, 7) is 1.94. The molecule has 3 fully saturated rings. The van der Waals surface area contributed by atoms with Gasteiger partial charge in [-0.15, -0.1) is 0 Å². The van der Waals surface area contributed by atoms with Crippen molar-refractivity contribution < 1.29 is 34.2 Å². The molecule has 1 saturated carbocycles. The number of phenols is 1. The molecule has 6 unspecified atom stereocenters. The first kappa shape index (κ1) is 27.8. The van der Waals surface area contributed by atoms with Crippen LogP contribution in [0.4, 0.5) is 5.69 Å². The molecule has 224 valence electrons. The molecule has 3 aromatic carbocycles. The number of allylic oxidation sites excluding steroid dienone is 2. The summed E-state index contributed by atoms with van der Waals surface area (Å²) in [6.07, 6.45) is 2.20. The maximum Gasteiger partial charge on any atom is 0.260 e. The summed E-state index contributed by atoms with van der Waals surface area (Å²) in [5.74, 6) is -5.99. The average Bonchev–Trinajstić information content (AvgIpc) is 3.39. The van der Waals surface area contributed by atoms with Crippen LogP contribution in [0.15, 0.2) is 84.4 Å². The van der Waals surface area contributed by atoms with Gasteiger partial charge in [0.25, 0.3) is 23.6 Å². The third kappa shape index (κ3) is 3.77. The number of hydrogen-bond donors (Lipinski definition) is 3. The molecule has 3 N–H and O–H groups in total. The summed E-state index contributed by atoms with van der Waals surface area (Å²) >= 11 is 0. The quantitative estimate of drug-likeness (QED) is 0.229. The Morgan fingerprint density at radius 2 is 1.64 bits per heavy atom. The third-order valence-electron chi connectivity index (χ3n) is 9.90. The summed E-state index contributed by atoms with van der Waals surface area (Å²) in [7, 11) is 1.46. The highest BCUT2D eigenvalue weighted by molar-refractivity contribution is 6.13. The predicted octanol–water partition coefficient (Wildman–Crippen LogP) is 4.08. The van der Waals surface area contributed by atoms with Gasteiger partial charge < -0.3 is 9.84 Å². The van der Waals surface area contributed by atoms with Gasteiger partial charge in [-0.2, -0.15) is 10.1 Å². The number of nitrogens with one attached hydrogen (secondary N) is 1. The van der Waals surface area contributed by atoms with Crippen molar-refractivity contribution in [1.29, 1.82) is 0 Å². The van der Waals surface area contributed by atoms with Crippen molar-refractivity contribution in [3.8, 4) is 11.5 Å². The Bertz CT molecular complexity index is 1740. The third-order valence-corrected chi connectivity index (χ3v) is 9.90. The molecule has 10 heteroatoms. The largest absolute Gasteiger partial charge is 0.508 e. The molecular formula is C34H31N3O7. The van der Waals surface area contributed by atoms with Crippen LogP contribution in [0.25, 0.3) is 0 Å². The highest BCUT2D eigenvalue weighted by atomic mass is 16.5. The van der Waals surface area contributed by atoms with Crippen LogP contribution in [-0.4, -0.2) is 51.1 Å². The lowest BCUT2D eigenvalue weighted by Crippen LogP contribution is -2.53. The predicted molar refractivity (Wildman–Crippen MR) is 157 cm³/mol. The van der Waals surface area contributed by atoms with Crippen LogP contribution >= 0.6 is 0 Å². The zero-order chi connectivity index (χ0) is 30.9. The summed E-state index contributed by atoms with van der Waals surface area (Å²) in [5, 5.41) is 22.0. The number of fused-ring (bicyclic) bond motifs is 4. The number of imide groups is 2. The molecule has 4 amide bonds. The van der Waals surface area contributed by atoms with Crippen molar-refractivity contribution in [1.82, 2.24) is 10.1 Å². The number of benzene rings is 3. The van der Waals surface area contributed by atoms with Gasteiger partial charge >= 0.3 is 0 Å². The average molecular weight is 594 g/mol. The number of anilines is 1. The molecule has 6 atom stereocenters. The second-order valence-electron chi connectivity index (χ2n) is 12.0. The molecule has 44 heavy (non-hydrogen) atoms. The molecule has 10 nitrogen and oxygen atoms in total. The van der Waals surface area contributed by atoms with E-state index in [1.54, 1.807) is 18.2 Å². The molecule has 2 saturated heterocycles. The maximum atomic E-state index is 15.0. The Hall–Kier alpha value is -4.96. The highest BCUT2D eigenvalue weighted by Crippen LogP contribution is 2.64. The minimum atomic E-state index is -1.46.